The van der Waals surface area contributed by atoms with E-state index in [0.29, 0.717) is 4.91 Å². The number of hydrogen-bond donors (Lipinski definition) is 2. The lowest BCUT2D eigenvalue weighted by Gasteiger charge is -2.13. The maximum absolute atomic E-state index is 12.9. The average Bonchev–Trinajstić information content (AvgIpc) is 3.00. The molecular weight excluding hydrogens is 409 g/mol. The molecule has 0 spiro atoms. The van der Waals surface area contributed by atoms with Crippen LogP contribution in [-0.2, 0) is 9.59 Å². The number of thioether (sulfide) groups is 1. The molecule has 9 heteroatoms. The van der Waals surface area contributed by atoms with E-state index in [0.717, 1.165) is 34.4 Å². The van der Waals surface area contributed by atoms with Gasteiger partial charge in [-0.25, -0.2) is 4.39 Å². The lowest BCUT2D eigenvalue weighted by Crippen LogP contribution is -2.41. The molecule has 0 aromatic heterocycles. The van der Waals surface area contributed by atoms with Crippen molar-refractivity contribution in [2.24, 2.45) is 0 Å². The van der Waals surface area contributed by atoms with Crippen LogP contribution in [0.1, 0.15) is 15.9 Å². The van der Waals surface area contributed by atoms with E-state index in [1.807, 2.05) is 30.3 Å². The summed E-state index contributed by atoms with van der Waals surface area (Å²) >= 11 is 0.850. The molecule has 2 N–H and O–H groups in total. The van der Waals surface area contributed by atoms with Gasteiger partial charge in [0.2, 0.25) is 5.91 Å². The molecule has 1 saturated heterocycles. The lowest BCUT2D eigenvalue weighted by molar-refractivity contribution is -0.124. The molecule has 0 unspecified atom stereocenters. The minimum atomic E-state index is -0.512. The van der Waals surface area contributed by atoms with Crippen LogP contribution in [0.15, 0.2) is 59.5 Å². The number of rotatable bonds is 7. The molecule has 2 aromatic rings. The number of halogens is 1. The Labute approximate surface area is 176 Å². The number of imide groups is 1. The van der Waals surface area contributed by atoms with E-state index in [1.165, 1.54) is 12.1 Å². The summed E-state index contributed by atoms with van der Waals surface area (Å²) in [6.07, 6.45) is 1.65. The molecule has 30 heavy (non-hydrogen) atoms. The van der Waals surface area contributed by atoms with Gasteiger partial charge in [-0.05, 0) is 47.7 Å². The minimum absolute atomic E-state index is 0.0223. The van der Waals surface area contributed by atoms with Crippen LogP contribution in [0.4, 0.5) is 9.18 Å². The second-order valence-electron chi connectivity index (χ2n) is 6.28. The summed E-state index contributed by atoms with van der Waals surface area (Å²) in [6.45, 7) is -0.206. The topological polar surface area (TPSA) is 95.6 Å². The van der Waals surface area contributed by atoms with Gasteiger partial charge < -0.3 is 10.6 Å². The maximum Gasteiger partial charge on any atom is 0.293 e. The van der Waals surface area contributed by atoms with Crippen LogP contribution in [0.3, 0.4) is 0 Å². The molecule has 1 fully saturated rings. The van der Waals surface area contributed by atoms with Gasteiger partial charge >= 0.3 is 0 Å². The van der Waals surface area contributed by atoms with Crippen molar-refractivity contribution < 1.29 is 23.6 Å². The molecule has 1 aliphatic rings. The number of hydrogen-bond acceptors (Lipinski definition) is 5. The highest BCUT2D eigenvalue weighted by molar-refractivity contribution is 8.18. The van der Waals surface area contributed by atoms with Gasteiger partial charge in [0.15, 0.2) is 0 Å². The summed E-state index contributed by atoms with van der Waals surface area (Å²) in [5, 5.41) is 4.56. The fraction of sp³-hybridized carbons (Fsp3) is 0.143. The molecule has 0 saturated carbocycles. The highest BCUT2D eigenvalue weighted by Gasteiger charge is 2.34. The molecular formula is C21H18FN3O4S. The predicted molar refractivity (Wildman–Crippen MR) is 111 cm³/mol. The molecule has 1 aliphatic heterocycles. The number of amides is 4. The van der Waals surface area contributed by atoms with Gasteiger partial charge in [0.05, 0.1) is 11.4 Å². The third-order valence-corrected chi connectivity index (χ3v) is 5.05. The molecule has 2 aromatic carbocycles. The Bertz CT molecular complexity index is 993. The normalized spacial score (nSPS) is 14.8. The van der Waals surface area contributed by atoms with Crippen LogP contribution < -0.4 is 10.6 Å². The van der Waals surface area contributed by atoms with Gasteiger partial charge in [0, 0.05) is 18.7 Å². The van der Waals surface area contributed by atoms with Crippen molar-refractivity contribution >= 4 is 40.8 Å². The smallest absolute Gasteiger partial charge is 0.293 e. The average molecular weight is 427 g/mol. The number of carbonyl (C=O) groups excluding carboxylic acids is 4. The van der Waals surface area contributed by atoms with Gasteiger partial charge in [-0.15, -0.1) is 0 Å². The minimum Gasteiger partial charge on any atom is -0.353 e. The van der Waals surface area contributed by atoms with Crippen molar-refractivity contribution in [2.45, 2.75) is 0 Å². The molecule has 0 radical (unpaired) electrons. The summed E-state index contributed by atoms with van der Waals surface area (Å²) in [5.41, 5.74) is 1.04. The Kier molecular flexibility index (Phi) is 6.97. The second kappa shape index (κ2) is 9.84. The third-order valence-electron chi connectivity index (χ3n) is 4.14. The van der Waals surface area contributed by atoms with Gasteiger partial charge in [0.25, 0.3) is 17.1 Å². The highest BCUT2D eigenvalue weighted by atomic mass is 32.2. The van der Waals surface area contributed by atoms with Crippen LogP contribution in [0.2, 0.25) is 0 Å². The van der Waals surface area contributed by atoms with E-state index in [9.17, 15) is 23.6 Å². The van der Waals surface area contributed by atoms with Crippen LogP contribution in [0.25, 0.3) is 6.08 Å². The zero-order chi connectivity index (χ0) is 21.5. The quantitative estimate of drug-likeness (QED) is 0.662. The first-order valence-corrected chi connectivity index (χ1v) is 9.86. The first-order chi connectivity index (χ1) is 14.4. The Balaban J connectivity index is 1.44. The molecule has 0 bridgehead atoms. The fourth-order valence-corrected chi connectivity index (χ4v) is 3.49. The van der Waals surface area contributed by atoms with Crippen molar-refractivity contribution in [1.29, 1.82) is 0 Å². The Hall–Kier alpha value is -3.46. The molecule has 4 amide bonds. The number of carbonyl (C=O) groups is 4. The Morgan fingerprint density at radius 3 is 2.40 bits per heavy atom. The van der Waals surface area contributed by atoms with Gasteiger partial charge in [-0.3, -0.25) is 24.1 Å². The van der Waals surface area contributed by atoms with Crippen molar-refractivity contribution in [1.82, 2.24) is 15.5 Å². The van der Waals surface area contributed by atoms with Crippen LogP contribution in [0.5, 0.6) is 0 Å². The van der Waals surface area contributed by atoms with Crippen molar-refractivity contribution in [3.63, 3.8) is 0 Å². The maximum atomic E-state index is 12.9. The monoisotopic (exact) mass is 427 g/mol. The summed E-state index contributed by atoms with van der Waals surface area (Å²) < 4.78 is 12.9. The summed E-state index contributed by atoms with van der Waals surface area (Å²) in [5.74, 6) is -1.86. The zero-order valence-electron chi connectivity index (χ0n) is 15.8. The predicted octanol–water partition coefficient (Wildman–Crippen LogP) is 2.41. The molecule has 7 nitrogen and oxygen atoms in total. The van der Waals surface area contributed by atoms with E-state index >= 15 is 0 Å². The first-order valence-electron chi connectivity index (χ1n) is 9.05. The fourth-order valence-electron chi connectivity index (χ4n) is 2.63. The van der Waals surface area contributed by atoms with Gasteiger partial charge in [-0.1, -0.05) is 30.3 Å². The van der Waals surface area contributed by atoms with Crippen LogP contribution in [-0.4, -0.2) is 47.5 Å². The third kappa shape index (κ3) is 5.54. The largest absolute Gasteiger partial charge is 0.353 e. The van der Waals surface area contributed by atoms with E-state index in [-0.39, 0.29) is 25.2 Å². The van der Waals surface area contributed by atoms with Crippen molar-refractivity contribution in [3.05, 3.63) is 76.4 Å². The van der Waals surface area contributed by atoms with Crippen LogP contribution in [0, 0.1) is 5.82 Å². The number of benzene rings is 2. The summed E-state index contributed by atoms with van der Waals surface area (Å²) in [6, 6.07) is 14.1. The summed E-state index contributed by atoms with van der Waals surface area (Å²) in [7, 11) is 0. The van der Waals surface area contributed by atoms with Gasteiger partial charge in [0.1, 0.15) is 5.82 Å². The lowest BCUT2D eigenvalue weighted by atomic mass is 10.2. The van der Waals surface area contributed by atoms with E-state index in [4.69, 9.17) is 0 Å². The summed E-state index contributed by atoms with van der Waals surface area (Å²) in [4.78, 5) is 49.7. The molecule has 154 valence electrons. The zero-order valence-corrected chi connectivity index (χ0v) is 16.6. The molecule has 0 atom stereocenters. The second-order valence-corrected chi connectivity index (χ2v) is 7.28. The Morgan fingerprint density at radius 2 is 1.70 bits per heavy atom. The van der Waals surface area contributed by atoms with Crippen molar-refractivity contribution in [3.8, 4) is 0 Å². The van der Waals surface area contributed by atoms with Crippen LogP contribution >= 0.6 is 11.8 Å². The SMILES string of the molecule is O=C(CNC(=O)c1ccc(F)cc1)NCCN1C(=O)S/C(=C/c2ccccc2)C1=O. The van der Waals surface area contributed by atoms with Gasteiger partial charge in [-0.2, -0.15) is 0 Å². The van der Waals surface area contributed by atoms with Crippen molar-refractivity contribution in [2.75, 3.05) is 19.6 Å². The van der Waals surface area contributed by atoms with E-state index in [2.05, 4.69) is 10.6 Å². The molecule has 1 heterocycles. The highest BCUT2D eigenvalue weighted by Crippen LogP contribution is 2.31. The number of nitrogens with zero attached hydrogens (tertiary/aromatic N) is 1. The standard InChI is InChI=1S/C21H18FN3O4S/c22-16-8-6-15(7-9-16)19(27)24-13-18(26)23-10-11-25-20(28)17(30-21(25)29)12-14-4-2-1-3-5-14/h1-9,12H,10-11,13H2,(H,23,26)(H,24,27)/b17-12+. The van der Waals surface area contributed by atoms with E-state index < -0.39 is 28.8 Å². The van der Waals surface area contributed by atoms with E-state index in [1.54, 1.807) is 6.08 Å². The first kappa shape index (κ1) is 21.3. The number of nitrogens with one attached hydrogen (secondary N) is 2. The molecule has 3 rings (SSSR count). The Morgan fingerprint density at radius 1 is 1.00 bits per heavy atom. The molecule has 0 aliphatic carbocycles.